The fourth-order valence-electron chi connectivity index (χ4n) is 2.08. The molecule has 1 fully saturated rings. The fourth-order valence-corrected chi connectivity index (χ4v) is 2.08. The SMILES string of the molecule is CCNCCCCN(CCC(C)C)C1CC1. The van der Waals surface area contributed by atoms with Gasteiger partial charge in [0.2, 0.25) is 0 Å². The highest BCUT2D eigenvalue weighted by atomic mass is 15.2. The maximum Gasteiger partial charge on any atom is 0.00964 e. The van der Waals surface area contributed by atoms with E-state index in [0.717, 1.165) is 18.5 Å². The van der Waals surface area contributed by atoms with Gasteiger partial charge in [-0.3, -0.25) is 0 Å². The monoisotopic (exact) mass is 226 g/mol. The minimum atomic E-state index is 0.850. The van der Waals surface area contributed by atoms with E-state index in [9.17, 15) is 0 Å². The molecule has 1 rings (SSSR count). The molecule has 16 heavy (non-hydrogen) atoms. The average molecular weight is 226 g/mol. The summed E-state index contributed by atoms with van der Waals surface area (Å²) in [6, 6.07) is 0.942. The van der Waals surface area contributed by atoms with Crippen LogP contribution in [0.15, 0.2) is 0 Å². The van der Waals surface area contributed by atoms with Gasteiger partial charge in [0, 0.05) is 6.04 Å². The molecule has 0 aromatic heterocycles. The van der Waals surface area contributed by atoms with E-state index >= 15 is 0 Å². The molecule has 0 aromatic carbocycles. The largest absolute Gasteiger partial charge is 0.317 e. The van der Waals surface area contributed by atoms with Gasteiger partial charge in [0.25, 0.3) is 0 Å². The predicted molar refractivity (Wildman–Crippen MR) is 71.8 cm³/mol. The maximum absolute atomic E-state index is 3.40. The van der Waals surface area contributed by atoms with E-state index in [-0.39, 0.29) is 0 Å². The Kier molecular flexibility index (Phi) is 7.06. The van der Waals surface area contributed by atoms with Gasteiger partial charge in [0.05, 0.1) is 0 Å². The second-order valence-corrected chi connectivity index (χ2v) is 5.51. The summed E-state index contributed by atoms with van der Waals surface area (Å²) in [5, 5.41) is 3.40. The lowest BCUT2D eigenvalue weighted by molar-refractivity contribution is 0.243. The van der Waals surface area contributed by atoms with E-state index in [4.69, 9.17) is 0 Å². The third kappa shape index (κ3) is 6.49. The number of hydrogen-bond donors (Lipinski definition) is 1. The zero-order chi connectivity index (χ0) is 11.8. The molecule has 1 aliphatic carbocycles. The van der Waals surface area contributed by atoms with E-state index in [0.29, 0.717) is 0 Å². The maximum atomic E-state index is 3.40. The molecule has 1 N–H and O–H groups in total. The quantitative estimate of drug-likeness (QED) is 0.576. The van der Waals surface area contributed by atoms with Gasteiger partial charge < -0.3 is 10.2 Å². The lowest BCUT2D eigenvalue weighted by Crippen LogP contribution is -2.29. The van der Waals surface area contributed by atoms with Crippen LogP contribution in [-0.4, -0.2) is 37.1 Å². The predicted octanol–water partition coefficient (Wildman–Crippen LogP) is 2.89. The summed E-state index contributed by atoms with van der Waals surface area (Å²) in [5.74, 6) is 0.850. The van der Waals surface area contributed by atoms with Crippen molar-refractivity contribution in [3.63, 3.8) is 0 Å². The van der Waals surface area contributed by atoms with Gasteiger partial charge >= 0.3 is 0 Å². The van der Waals surface area contributed by atoms with Crippen molar-refractivity contribution in [3.05, 3.63) is 0 Å². The zero-order valence-electron chi connectivity index (χ0n) is 11.5. The first kappa shape index (κ1) is 14.0. The molecular formula is C14H30N2. The minimum absolute atomic E-state index is 0.850. The van der Waals surface area contributed by atoms with Gasteiger partial charge in [0.1, 0.15) is 0 Å². The standard InChI is InChI=1S/C14H30N2/c1-4-15-10-5-6-11-16(14-7-8-14)12-9-13(2)3/h13-15H,4-12H2,1-3H3. The van der Waals surface area contributed by atoms with Gasteiger partial charge in [0.15, 0.2) is 0 Å². The summed E-state index contributed by atoms with van der Waals surface area (Å²) in [4.78, 5) is 2.73. The first-order valence-electron chi connectivity index (χ1n) is 7.18. The van der Waals surface area contributed by atoms with Crippen molar-refractivity contribution >= 4 is 0 Å². The summed E-state index contributed by atoms with van der Waals surface area (Å²) in [7, 11) is 0. The van der Waals surface area contributed by atoms with Crippen LogP contribution in [0.4, 0.5) is 0 Å². The van der Waals surface area contributed by atoms with Crippen LogP contribution in [0.1, 0.15) is 52.9 Å². The Balaban J connectivity index is 2.04. The van der Waals surface area contributed by atoms with Crippen molar-refractivity contribution in [2.24, 2.45) is 5.92 Å². The summed E-state index contributed by atoms with van der Waals surface area (Å²) in [5.41, 5.74) is 0. The van der Waals surface area contributed by atoms with Crippen molar-refractivity contribution in [1.29, 1.82) is 0 Å². The van der Waals surface area contributed by atoms with Crippen LogP contribution in [0.2, 0.25) is 0 Å². The molecule has 0 unspecified atom stereocenters. The molecule has 0 radical (unpaired) electrons. The van der Waals surface area contributed by atoms with Crippen molar-refractivity contribution in [2.75, 3.05) is 26.2 Å². The second-order valence-electron chi connectivity index (χ2n) is 5.51. The van der Waals surface area contributed by atoms with Gasteiger partial charge in [-0.1, -0.05) is 20.8 Å². The molecule has 2 nitrogen and oxygen atoms in total. The van der Waals surface area contributed by atoms with Gasteiger partial charge in [-0.15, -0.1) is 0 Å². The third-order valence-electron chi connectivity index (χ3n) is 3.36. The summed E-state index contributed by atoms with van der Waals surface area (Å²) >= 11 is 0. The number of nitrogens with zero attached hydrogens (tertiary/aromatic N) is 1. The van der Waals surface area contributed by atoms with Crippen LogP contribution < -0.4 is 5.32 Å². The number of hydrogen-bond acceptors (Lipinski definition) is 2. The lowest BCUT2D eigenvalue weighted by atomic mass is 10.1. The van der Waals surface area contributed by atoms with E-state index in [1.807, 2.05) is 0 Å². The fraction of sp³-hybridized carbons (Fsp3) is 1.00. The topological polar surface area (TPSA) is 15.3 Å². The normalized spacial score (nSPS) is 16.3. The molecule has 96 valence electrons. The molecule has 0 spiro atoms. The summed E-state index contributed by atoms with van der Waals surface area (Å²) in [6.07, 6.45) is 6.96. The van der Waals surface area contributed by atoms with Crippen molar-refractivity contribution in [2.45, 2.75) is 58.9 Å². The third-order valence-corrected chi connectivity index (χ3v) is 3.36. The van der Waals surface area contributed by atoms with Crippen molar-refractivity contribution in [1.82, 2.24) is 10.2 Å². The van der Waals surface area contributed by atoms with Gasteiger partial charge in [-0.25, -0.2) is 0 Å². The van der Waals surface area contributed by atoms with Gasteiger partial charge in [-0.2, -0.15) is 0 Å². The molecule has 1 saturated carbocycles. The van der Waals surface area contributed by atoms with Crippen LogP contribution in [0.25, 0.3) is 0 Å². The number of rotatable bonds is 10. The lowest BCUT2D eigenvalue weighted by Gasteiger charge is -2.22. The van der Waals surface area contributed by atoms with Crippen LogP contribution in [0.3, 0.4) is 0 Å². The first-order chi connectivity index (χ1) is 7.74. The highest BCUT2D eigenvalue weighted by Gasteiger charge is 2.27. The molecular weight excluding hydrogens is 196 g/mol. The van der Waals surface area contributed by atoms with E-state index in [2.05, 4.69) is 31.0 Å². The molecule has 0 saturated heterocycles. The Hall–Kier alpha value is -0.0800. The smallest absolute Gasteiger partial charge is 0.00964 e. The molecule has 0 bridgehead atoms. The van der Waals surface area contributed by atoms with Crippen molar-refractivity contribution < 1.29 is 0 Å². The summed E-state index contributed by atoms with van der Waals surface area (Å²) < 4.78 is 0. The molecule has 0 atom stereocenters. The second kappa shape index (κ2) is 8.08. The Morgan fingerprint density at radius 1 is 1.19 bits per heavy atom. The van der Waals surface area contributed by atoms with Crippen LogP contribution in [0.5, 0.6) is 0 Å². The van der Waals surface area contributed by atoms with Crippen LogP contribution >= 0.6 is 0 Å². The zero-order valence-corrected chi connectivity index (χ0v) is 11.5. The number of nitrogens with one attached hydrogen (secondary N) is 1. The average Bonchev–Trinajstić information content (AvgIpc) is 3.05. The first-order valence-corrected chi connectivity index (χ1v) is 7.18. The molecule has 2 heteroatoms. The highest BCUT2D eigenvalue weighted by Crippen LogP contribution is 2.27. The van der Waals surface area contributed by atoms with E-state index in [1.54, 1.807) is 0 Å². The van der Waals surface area contributed by atoms with Crippen molar-refractivity contribution in [3.8, 4) is 0 Å². The van der Waals surface area contributed by atoms with E-state index < -0.39 is 0 Å². The van der Waals surface area contributed by atoms with Crippen LogP contribution in [-0.2, 0) is 0 Å². The highest BCUT2D eigenvalue weighted by molar-refractivity contribution is 4.84. The van der Waals surface area contributed by atoms with E-state index in [1.165, 1.54) is 51.7 Å². The Bertz CT molecular complexity index is 164. The molecule has 0 aliphatic heterocycles. The molecule has 0 aromatic rings. The van der Waals surface area contributed by atoms with Gasteiger partial charge in [-0.05, 0) is 64.2 Å². The number of unbranched alkanes of at least 4 members (excludes halogenated alkanes) is 1. The van der Waals surface area contributed by atoms with Crippen LogP contribution in [0, 0.1) is 5.92 Å². The Morgan fingerprint density at radius 2 is 1.94 bits per heavy atom. The molecule has 0 amide bonds. The Morgan fingerprint density at radius 3 is 2.50 bits per heavy atom. The summed E-state index contributed by atoms with van der Waals surface area (Å²) in [6.45, 7) is 11.8. The molecule has 0 heterocycles. The minimum Gasteiger partial charge on any atom is -0.317 e. The Labute approximate surface area is 102 Å². The molecule has 1 aliphatic rings.